The number of methoxy groups -OCH3 is 1. The zero-order valence-electron chi connectivity index (χ0n) is 16.4. The summed E-state index contributed by atoms with van der Waals surface area (Å²) in [6.07, 6.45) is 2.75. The molecule has 0 heterocycles. The molecule has 1 aliphatic rings. The van der Waals surface area contributed by atoms with Crippen LogP contribution in [0.4, 0.5) is 15.8 Å². The summed E-state index contributed by atoms with van der Waals surface area (Å²) >= 11 is 0. The fraction of sp³-hybridized carbons (Fsp3) is 0.333. The Labute approximate surface area is 172 Å². The number of non-ortho nitro benzene ring substituents is 1. The Bertz CT molecular complexity index is 954. The standard InChI is InChI=1S/C21H21FN2O6/c1-29-18-9-8-16(24(27)28)12-17(18)23-19(25)13-30-20(26)21(10-2-3-11-21)14-4-6-15(22)7-5-14/h4-9,12H,2-3,10-11,13H2,1H3,(H,23,25). The average molecular weight is 416 g/mol. The minimum atomic E-state index is -0.906. The summed E-state index contributed by atoms with van der Waals surface area (Å²) < 4.78 is 23.7. The number of carbonyl (C=O) groups excluding carboxylic acids is 2. The molecule has 1 fully saturated rings. The molecule has 30 heavy (non-hydrogen) atoms. The normalized spacial score (nSPS) is 14.7. The van der Waals surface area contributed by atoms with E-state index in [1.165, 1.54) is 31.4 Å². The first-order valence-corrected chi connectivity index (χ1v) is 9.41. The third-order valence-corrected chi connectivity index (χ3v) is 5.25. The van der Waals surface area contributed by atoms with E-state index in [1.54, 1.807) is 12.1 Å². The van der Waals surface area contributed by atoms with E-state index < -0.39 is 34.6 Å². The molecule has 0 unspecified atom stereocenters. The predicted molar refractivity (Wildman–Crippen MR) is 106 cm³/mol. The monoisotopic (exact) mass is 416 g/mol. The maximum absolute atomic E-state index is 13.3. The van der Waals surface area contributed by atoms with E-state index in [9.17, 15) is 24.1 Å². The van der Waals surface area contributed by atoms with Gasteiger partial charge in [-0.15, -0.1) is 0 Å². The summed E-state index contributed by atoms with van der Waals surface area (Å²) in [5.74, 6) is -1.37. The first kappa shape index (κ1) is 21.2. The van der Waals surface area contributed by atoms with Crippen LogP contribution in [0.25, 0.3) is 0 Å². The predicted octanol–water partition coefficient (Wildman–Crippen LogP) is 3.74. The van der Waals surface area contributed by atoms with Gasteiger partial charge in [-0.2, -0.15) is 0 Å². The summed E-state index contributed by atoms with van der Waals surface area (Å²) in [6.45, 7) is -0.562. The first-order chi connectivity index (χ1) is 14.4. The van der Waals surface area contributed by atoms with Crippen molar-refractivity contribution in [3.63, 3.8) is 0 Å². The maximum atomic E-state index is 13.3. The van der Waals surface area contributed by atoms with Crippen LogP contribution in [0.15, 0.2) is 42.5 Å². The number of hydrogen-bond donors (Lipinski definition) is 1. The van der Waals surface area contributed by atoms with Crippen LogP contribution in [0.2, 0.25) is 0 Å². The van der Waals surface area contributed by atoms with Crippen LogP contribution in [-0.2, 0) is 19.7 Å². The van der Waals surface area contributed by atoms with Crippen molar-refractivity contribution < 1.29 is 28.4 Å². The molecule has 0 spiro atoms. The van der Waals surface area contributed by atoms with E-state index >= 15 is 0 Å². The van der Waals surface area contributed by atoms with Gasteiger partial charge in [0.25, 0.3) is 11.6 Å². The molecule has 1 aliphatic carbocycles. The highest BCUT2D eigenvalue weighted by atomic mass is 19.1. The van der Waals surface area contributed by atoms with Gasteiger partial charge in [0.1, 0.15) is 11.6 Å². The van der Waals surface area contributed by atoms with Gasteiger partial charge < -0.3 is 14.8 Å². The van der Waals surface area contributed by atoms with Gasteiger partial charge in [-0.05, 0) is 36.6 Å². The zero-order valence-corrected chi connectivity index (χ0v) is 16.4. The van der Waals surface area contributed by atoms with Crippen molar-refractivity contribution in [3.05, 3.63) is 64.0 Å². The van der Waals surface area contributed by atoms with E-state index in [-0.39, 0.29) is 17.1 Å². The van der Waals surface area contributed by atoms with Gasteiger partial charge in [-0.3, -0.25) is 19.7 Å². The molecule has 2 aromatic carbocycles. The molecule has 0 bridgehead atoms. The van der Waals surface area contributed by atoms with E-state index in [4.69, 9.17) is 9.47 Å². The smallest absolute Gasteiger partial charge is 0.317 e. The number of halogens is 1. The Morgan fingerprint density at radius 2 is 1.83 bits per heavy atom. The van der Waals surface area contributed by atoms with Gasteiger partial charge in [0.15, 0.2) is 6.61 Å². The fourth-order valence-electron chi connectivity index (χ4n) is 3.72. The van der Waals surface area contributed by atoms with Crippen molar-refractivity contribution in [1.82, 2.24) is 0 Å². The molecule has 0 aliphatic heterocycles. The lowest BCUT2D eigenvalue weighted by molar-refractivity contribution is -0.384. The zero-order chi connectivity index (χ0) is 21.7. The van der Waals surface area contributed by atoms with E-state index in [0.29, 0.717) is 18.4 Å². The fourth-order valence-corrected chi connectivity index (χ4v) is 3.72. The van der Waals surface area contributed by atoms with Crippen LogP contribution < -0.4 is 10.1 Å². The van der Waals surface area contributed by atoms with Crippen molar-refractivity contribution in [3.8, 4) is 5.75 Å². The van der Waals surface area contributed by atoms with Crippen molar-refractivity contribution in [2.24, 2.45) is 0 Å². The van der Waals surface area contributed by atoms with Crippen LogP contribution >= 0.6 is 0 Å². The molecule has 8 nitrogen and oxygen atoms in total. The van der Waals surface area contributed by atoms with Crippen molar-refractivity contribution in [1.29, 1.82) is 0 Å². The molecule has 1 saturated carbocycles. The summed E-state index contributed by atoms with van der Waals surface area (Å²) in [6, 6.07) is 9.50. The number of esters is 1. The molecule has 0 aromatic heterocycles. The Balaban J connectivity index is 1.69. The molecule has 0 atom stereocenters. The molecule has 2 aromatic rings. The number of benzene rings is 2. The lowest BCUT2D eigenvalue weighted by Gasteiger charge is -2.27. The van der Waals surface area contributed by atoms with Crippen LogP contribution in [0, 0.1) is 15.9 Å². The number of nitrogens with zero attached hydrogens (tertiary/aromatic N) is 1. The topological polar surface area (TPSA) is 108 Å². The summed E-state index contributed by atoms with van der Waals surface area (Å²) in [4.78, 5) is 35.5. The molecular formula is C21H21FN2O6. The molecule has 0 radical (unpaired) electrons. The van der Waals surface area contributed by atoms with Gasteiger partial charge >= 0.3 is 5.97 Å². The molecule has 158 valence electrons. The number of nitrogens with one attached hydrogen (secondary N) is 1. The van der Waals surface area contributed by atoms with Crippen LogP contribution in [0.3, 0.4) is 0 Å². The number of nitro benzene ring substituents is 1. The Morgan fingerprint density at radius 3 is 2.43 bits per heavy atom. The molecule has 9 heteroatoms. The van der Waals surface area contributed by atoms with E-state index in [0.717, 1.165) is 18.9 Å². The molecule has 0 saturated heterocycles. The minimum Gasteiger partial charge on any atom is -0.495 e. The number of rotatable bonds is 7. The number of anilines is 1. The minimum absolute atomic E-state index is 0.0989. The lowest BCUT2D eigenvalue weighted by atomic mass is 9.79. The summed E-state index contributed by atoms with van der Waals surface area (Å²) in [5.41, 5.74) is -0.365. The number of nitro groups is 1. The molecular weight excluding hydrogens is 395 g/mol. The van der Waals surface area contributed by atoms with Gasteiger partial charge in [0.2, 0.25) is 0 Å². The SMILES string of the molecule is COc1ccc([N+](=O)[O-])cc1NC(=O)COC(=O)C1(c2ccc(F)cc2)CCCC1. The quantitative estimate of drug-likeness (QED) is 0.419. The second-order valence-corrected chi connectivity index (χ2v) is 7.06. The maximum Gasteiger partial charge on any atom is 0.317 e. The van der Waals surface area contributed by atoms with Crippen molar-refractivity contribution >= 4 is 23.3 Å². The molecule has 1 N–H and O–H groups in total. The second-order valence-electron chi connectivity index (χ2n) is 7.06. The summed E-state index contributed by atoms with van der Waals surface area (Å²) in [7, 11) is 1.36. The number of hydrogen-bond acceptors (Lipinski definition) is 6. The Morgan fingerprint density at radius 1 is 1.17 bits per heavy atom. The van der Waals surface area contributed by atoms with Gasteiger partial charge in [0, 0.05) is 12.1 Å². The lowest BCUT2D eigenvalue weighted by Crippen LogP contribution is -2.36. The van der Waals surface area contributed by atoms with Gasteiger partial charge in [0.05, 0.1) is 23.1 Å². The second kappa shape index (κ2) is 8.89. The van der Waals surface area contributed by atoms with Gasteiger partial charge in [-0.25, -0.2) is 4.39 Å². The first-order valence-electron chi connectivity index (χ1n) is 9.41. The third-order valence-electron chi connectivity index (χ3n) is 5.25. The highest BCUT2D eigenvalue weighted by molar-refractivity contribution is 5.95. The van der Waals surface area contributed by atoms with E-state index in [2.05, 4.69) is 5.32 Å². The Hall–Kier alpha value is -3.49. The largest absolute Gasteiger partial charge is 0.495 e. The van der Waals surface area contributed by atoms with Crippen molar-refractivity contribution in [2.75, 3.05) is 19.0 Å². The van der Waals surface area contributed by atoms with Crippen LogP contribution in [0.5, 0.6) is 5.75 Å². The number of carbonyl (C=O) groups is 2. The van der Waals surface area contributed by atoms with Crippen molar-refractivity contribution in [2.45, 2.75) is 31.1 Å². The van der Waals surface area contributed by atoms with Crippen LogP contribution in [-0.4, -0.2) is 30.5 Å². The van der Waals surface area contributed by atoms with E-state index in [1.807, 2.05) is 0 Å². The highest BCUT2D eigenvalue weighted by Crippen LogP contribution is 2.42. The molecule has 3 rings (SSSR count). The average Bonchev–Trinajstić information content (AvgIpc) is 3.23. The highest BCUT2D eigenvalue weighted by Gasteiger charge is 2.44. The number of ether oxygens (including phenoxy) is 2. The Kier molecular flexibility index (Phi) is 6.29. The van der Waals surface area contributed by atoms with Crippen LogP contribution in [0.1, 0.15) is 31.2 Å². The van der Waals surface area contributed by atoms with Gasteiger partial charge in [-0.1, -0.05) is 25.0 Å². The third kappa shape index (κ3) is 4.40. The number of amides is 1. The molecule has 1 amide bonds. The summed E-state index contributed by atoms with van der Waals surface area (Å²) in [5, 5.41) is 13.4.